The largest absolute Gasteiger partial charge is 0.494 e. The van der Waals surface area contributed by atoms with Gasteiger partial charge in [0.25, 0.3) is 5.91 Å². The molecule has 0 spiro atoms. The number of hydrogen-bond acceptors (Lipinski definition) is 6. The van der Waals surface area contributed by atoms with E-state index >= 15 is 4.79 Å². The van der Waals surface area contributed by atoms with Crippen LogP contribution >= 0.6 is 22.7 Å². The van der Waals surface area contributed by atoms with Crippen molar-refractivity contribution < 1.29 is 19.1 Å². The molecule has 4 aromatic heterocycles. The van der Waals surface area contributed by atoms with E-state index in [1.54, 1.807) is 17.4 Å². The molecule has 6 nitrogen and oxygen atoms in total. The van der Waals surface area contributed by atoms with Gasteiger partial charge in [0.2, 0.25) is 5.88 Å². The highest BCUT2D eigenvalue weighted by Crippen LogP contribution is 2.49. The molecule has 1 aliphatic rings. The van der Waals surface area contributed by atoms with E-state index in [9.17, 15) is 9.90 Å². The summed E-state index contributed by atoms with van der Waals surface area (Å²) in [6, 6.07) is 8.59. The fourth-order valence-corrected chi connectivity index (χ4v) is 13.3. The molecule has 1 aromatic carbocycles. The molecule has 2 atom stereocenters. The molecule has 0 saturated carbocycles. The summed E-state index contributed by atoms with van der Waals surface area (Å²) in [6.45, 7) is 28.0. The van der Waals surface area contributed by atoms with Gasteiger partial charge in [-0.15, -0.1) is 22.7 Å². The summed E-state index contributed by atoms with van der Waals surface area (Å²) in [5.41, 5.74) is 4.96. The number of thiophene rings is 2. The Morgan fingerprint density at radius 3 is 1.85 bits per heavy atom. The van der Waals surface area contributed by atoms with Crippen molar-refractivity contribution in [2.45, 2.75) is 235 Å². The first-order valence-electron chi connectivity index (χ1n) is 28.3. The summed E-state index contributed by atoms with van der Waals surface area (Å²) in [5, 5.41) is 15.3. The highest BCUT2D eigenvalue weighted by molar-refractivity contribution is 7.28. The smallest absolute Gasteiger partial charge is 0.261 e. The number of hydrogen-bond donors (Lipinski definition) is 1. The van der Waals surface area contributed by atoms with E-state index in [1.165, 1.54) is 94.0 Å². The maximum atomic E-state index is 15.4. The number of benzene rings is 1. The number of allylic oxidation sites excluding steroid dienone is 3. The lowest BCUT2D eigenvalue weighted by Gasteiger charge is -2.27. The van der Waals surface area contributed by atoms with E-state index in [1.807, 2.05) is 45.1 Å². The van der Waals surface area contributed by atoms with Gasteiger partial charge >= 0.3 is 0 Å². The fourth-order valence-electron chi connectivity index (χ4n) is 10.8. The summed E-state index contributed by atoms with van der Waals surface area (Å²) >= 11 is 3.50. The third-order valence-electron chi connectivity index (χ3n) is 15.2. The van der Waals surface area contributed by atoms with Gasteiger partial charge in [-0.25, -0.2) is 0 Å². The zero-order chi connectivity index (χ0) is 51.5. The molecular weight excluding hydrogens is 913 g/mol. The number of carbonyl (C=O) groups is 2. The van der Waals surface area contributed by atoms with E-state index in [4.69, 9.17) is 4.42 Å². The molecule has 8 heteroatoms. The molecule has 0 radical (unpaired) electrons. The fraction of sp³-hybridized carbons (Fsp3) is 0.619. The summed E-state index contributed by atoms with van der Waals surface area (Å²) in [7, 11) is 0. The maximum absolute atomic E-state index is 15.4. The second kappa shape index (κ2) is 25.9. The minimum atomic E-state index is -0.235. The number of unbranched alkanes of at least 4 members (excludes halogenated alkanes) is 11. The Morgan fingerprint density at radius 1 is 0.690 bits per heavy atom. The van der Waals surface area contributed by atoms with Crippen LogP contribution in [0.25, 0.3) is 37.3 Å². The lowest BCUT2D eigenvalue weighted by Crippen LogP contribution is -2.30. The minimum Gasteiger partial charge on any atom is -0.494 e. The lowest BCUT2D eigenvalue weighted by molar-refractivity contribution is 0.0827. The molecule has 1 amide bonds. The Morgan fingerprint density at radius 2 is 1.27 bits per heavy atom. The Hall–Kier alpha value is -3.88. The molecule has 1 N–H and O–H groups in total. The Balaban J connectivity index is 1.48. The van der Waals surface area contributed by atoms with Crippen LogP contribution in [0.15, 0.2) is 46.9 Å². The second-order valence-electron chi connectivity index (χ2n) is 23.2. The number of aromatic hydroxyl groups is 1. The molecule has 2 unspecified atom stereocenters. The maximum Gasteiger partial charge on any atom is 0.261 e. The van der Waals surface area contributed by atoms with Crippen LogP contribution in [0.2, 0.25) is 0 Å². The number of amides is 1. The number of rotatable bonds is 29. The molecule has 0 fully saturated rings. The van der Waals surface area contributed by atoms with Gasteiger partial charge in [-0.3, -0.25) is 9.59 Å². The van der Waals surface area contributed by atoms with E-state index in [-0.39, 0.29) is 28.4 Å². The Labute approximate surface area is 437 Å². The molecule has 5 aromatic rings. The standard InChI is InChI=1S/C63H92N2O4S2/c1-13-18-23-26-32-44(30-21-16-4)41-64-49(35-29-36-50(66)52-39-48-46(34-28-25-20-15-3)43(6)47-40-54(63(10,11)12)71-58(47)59(48)70-52)55-56(61(64)68)57(51-37-38-53(69-51)62(7,8)9)65(60(55)67)42-45(31-22-17-5)33-27-24-19-14-2/h29,35-40,44-45,67H,13-28,30-34,41-42H2,1-12H3. The van der Waals surface area contributed by atoms with Gasteiger partial charge in [-0.2, -0.15) is 0 Å². The second-order valence-corrected chi connectivity index (χ2v) is 25.3. The summed E-state index contributed by atoms with van der Waals surface area (Å²) in [6.07, 6.45) is 29.4. The first-order valence-corrected chi connectivity index (χ1v) is 29.9. The van der Waals surface area contributed by atoms with Crippen molar-refractivity contribution >= 4 is 60.2 Å². The average molecular weight is 1010 g/mol. The predicted molar refractivity (Wildman–Crippen MR) is 307 cm³/mol. The van der Waals surface area contributed by atoms with Crippen LogP contribution < -0.4 is 0 Å². The predicted octanol–water partition coefficient (Wildman–Crippen LogP) is 19.7. The van der Waals surface area contributed by atoms with Crippen LogP contribution in [0, 0.1) is 18.8 Å². The average Bonchev–Trinajstić information content (AvgIpc) is 4.18. The normalized spacial score (nSPS) is 14.9. The quantitative estimate of drug-likeness (QED) is 0.0294. The van der Waals surface area contributed by atoms with Crippen molar-refractivity contribution in [2.24, 2.45) is 11.8 Å². The number of ketones is 1. The number of carbonyl (C=O) groups excluding carboxylic acids is 2. The first-order chi connectivity index (χ1) is 34.0. The zero-order valence-electron chi connectivity index (χ0n) is 46.3. The topological polar surface area (TPSA) is 75.7 Å². The van der Waals surface area contributed by atoms with E-state index in [0.717, 1.165) is 87.7 Å². The summed E-state index contributed by atoms with van der Waals surface area (Å²) in [5.74, 6) is 2.11. The lowest BCUT2D eigenvalue weighted by atomic mass is 9.92. The van der Waals surface area contributed by atoms with Crippen molar-refractivity contribution in [1.29, 1.82) is 0 Å². The molecule has 390 valence electrons. The Kier molecular flexibility index (Phi) is 20.6. The number of aromatic nitrogens is 1. The van der Waals surface area contributed by atoms with Crippen LogP contribution in [-0.2, 0) is 23.8 Å². The third kappa shape index (κ3) is 13.7. The molecule has 0 aliphatic carbocycles. The van der Waals surface area contributed by atoms with E-state index in [2.05, 4.69) is 95.2 Å². The van der Waals surface area contributed by atoms with Crippen LogP contribution in [-0.4, -0.2) is 32.8 Å². The van der Waals surface area contributed by atoms with Crippen LogP contribution in [0.1, 0.15) is 252 Å². The van der Waals surface area contributed by atoms with Gasteiger partial charge in [0.15, 0.2) is 11.5 Å². The SMILES string of the molecule is CCCCCCc1c(C)c2cc(C(C)(C)C)sc2c2sc(C(=O)C=CC=C3c4c(c(-c5ccc(C(C)(C)C)o5)n(CC(CCCC)CCCCCC)c4O)C(=O)N3CC(CCCC)CCCCCC)cc12. The van der Waals surface area contributed by atoms with E-state index in [0.29, 0.717) is 53.2 Å². The van der Waals surface area contributed by atoms with Gasteiger partial charge < -0.3 is 19.0 Å². The van der Waals surface area contributed by atoms with Gasteiger partial charge in [0.05, 0.1) is 31.1 Å². The molecule has 6 rings (SSSR count). The zero-order valence-corrected chi connectivity index (χ0v) is 48.0. The molecule has 71 heavy (non-hydrogen) atoms. The van der Waals surface area contributed by atoms with Crippen molar-refractivity contribution in [3.8, 4) is 17.3 Å². The first kappa shape index (κ1) is 56.4. The summed E-state index contributed by atoms with van der Waals surface area (Å²) < 4.78 is 11.2. The number of fused-ring (bicyclic) bond motifs is 4. The van der Waals surface area contributed by atoms with Gasteiger partial charge in [-0.05, 0) is 121 Å². The van der Waals surface area contributed by atoms with Gasteiger partial charge in [0, 0.05) is 23.4 Å². The van der Waals surface area contributed by atoms with Crippen LogP contribution in [0.3, 0.4) is 0 Å². The van der Waals surface area contributed by atoms with E-state index < -0.39 is 0 Å². The Bertz CT molecular complexity index is 2600. The van der Waals surface area contributed by atoms with Crippen molar-refractivity contribution in [2.75, 3.05) is 6.54 Å². The van der Waals surface area contributed by atoms with Crippen molar-refractivity contribution in [3.63, 3.8) is 0 Å². The number of nitrogens with zero attached hydrogens (tertiary/aromatic N) is 2. The highest BCUT2D eigenvalue weighted by atomic mass is 32.1. The molecule has 0 saturated heterocycles. The molecular formula is C63H92N2O4S2. The summed E-state index contributed by atoms with van der Waals surface area (Å²) in [4.78, 5) is 34.0. The number of furan rings is 1. The number of aryl methyl sites for hydroxylation is 2. The highest BCUT2D eigenvalue weighted by Gasteiger charge is 2.43. The third-order valence-corrected chi connectivity index (χ3v) is 18.1. The van der Waals surface area contributed by atoms with Crippen LogP contribution in [0.4, 0.5) is 0 Å². The van der Waals surface area contributed by atoms with Gasteiger partial charge in [-0.1, -0.05) is 179 Å². The molecule has 1 aliphatic heterocycles. The van der Waals surface area contributed by atoms with Crippen LogP contribution in [0.5, 0.6) is 5.88 Å². The monoisotopic (exact) mass is 1000 g/mol. The van der Waals surface area contributed by atoms with Crippen molar-refractivity contribution in [3.05, 3.63) is 80.3 Å². The van der Waals surface area contributed by atoms with Crippen molar-refractivity contribution in [1.82, 2.24) is 9.47 Å². The molecule has 5 heterocycles. The minimum absolute atomic E-state index is 0.0326. The molecule has 0 bridgehead atoms. The van der Waals surface area contributed by atoms with Gasteiger partial charge in [0.1, 0.15) is 11.5 Å².